The van der Waals surface area contributed by atoms with Crippen LogP contribution < -0.4 is 0 Å². The Balaban J connectivity index is 0.000000469. The number of aryl methyl sites for hydroxylation is 1. The van der Waals surface area contributed by atoms with Crippen molar-refractivity contribution < 1.29 is 42.1 Å². The highest BCUT2D eigenvalue weighted by Crippen LogP contribution is 2.47. The standard InChI is InChI=1S/C19H28O6S.C12H22O3.2CH4/c1-5-15(20)13(3)18-16(24-18)10-19(4)17(25-19)11-23-26(21,22)14-8-6-12(2)7-9-14;1-5-9(13)8(3)11-10(15-11)7-12(4,14)6-2;;/h6-9,13,15-18,20H,5,10-11H2,1-4H3;6,8-11,13-14H,2,5,7H2,1,3-4H3;2*1H4/t13-,15+,16-,17-,18-,19-;8-,9+,10-,11-,12+;;/m11../s1. The highest BCUT2D eigenvalue weighted by molar-refractivity contribution is 7.86. The van der Waals surface area contributed by atoms with Crippen LogP contribution in [0.3, 0.4) is 0 Å². The van der Waals surface area contributed by atoms with Crippen LogP contribution in [0.2, 0.25) is 0 Å². The molecule has 43 heavy (non-hydrogen) atoms. The number of benzene rings is 1. The minimum absolute atomic E-state index is 0. The predicted octanol–water partition coefficient (Wildman–Crippen LogP) is 5.18. The van der Waals surface area contributed by atoms with Gasteiger partial charge in [0, 0.05) is 24.7 Å². The highest BCUT2D eigenvalue weighted by atomic mass is 32.2. The normalized spacial score (nSPS) is 31.3. The number of epoxide rings is 3. The molecular weight excluding hydrogens is 572 g/mol. The summed E-state index contributed by atoms with van der Waals surface area (Å²) in [6.07, 6.45) is 3.52. The van der Waals surface area contributed by atoms with Gasteiger partial charge in [0.15, 0.2) is 0 Å². The van der Waals surface area contributed by atoms with E-state index in [1.807, 2.05) is 41.5 Å². The molecule has 0 aromatic heterocycles. The summed E-state index contributed by atoms with van der Waals surface area (Å²) in [7, 11) is -3.78. The first-order valence-electron chi connectivity index (χ1n) is 14.7. The number of hydrogen-bond donors (Lipinski definition) is 3. The second-order valence-electron chi connectivity index (χ2n) is 12.4. The van der Waals surface area contributed by atoms with E-state index in [0.717, 1.165) is 12.0 Å². The van der Waals surface area contributed by atoms with E-state index in [9.17, 15) is 23.7 Å². The predicted molar refractivity (Wildman–Crippen MR) is 169 cm³/mol. The zero-order valence-electron chi connectivity index (χ0n) is 25.5. The molecule has 0 bridgehead atoms. The third-order valence-corrected chi connectivity index (χ3v) is 10.0. The van der Waals surface area contributed by atoms with Crippen molar-refractivity contribution in [2.45, 2.75) is 148 Å². The molecule has 1 aromatic carbocycles. The minimum atomic E-state index is -3.78. The summed E-state index contributed by atoms with van der Waals surface area (Å²) in [4.78, 5) is 0.151. The fraction of sp³-hybridized carbons (Fsp3) is 0.758. The molecule has 3 heterocycles. The van der Waals surface area contributed by atoms with Gasteiger partial charge >= 0.3 is 0 Å². The maximum absolute atomic E-state index is 12.2. The molecular formula is C33H58O9S. The summed E-state index contributed by atoms with van der Waals surface area (Å²) in [6.45, 7) is 17.0. The molecule has 0 unspecified atom stereocenters. The van der Waals surface area contributed by atoms with Gasteiger partial charge in [0.1, 0.15) is 6.10 Å². The molecule has 3 fully saturated rings. The SMILES string of the molecule is C.C.C=C[C@](C)(O)C[C@H]1O[C@@H]1[C@H](C)[C@@H](O)CC.CC[C@H](O)[C@@H](C)[C@H]1O[C@@H]1C[C@@]1(C)O[C@@H]1COS(=O)(=O)c1ccc(C)cc1. The lowest BCUT2D eigenvalue weighted by molar-refractivity contribution is 0.0922. The van der Waals surface area contributed by atoms with Crippen molar-refractivity contribution in [1.29, 1.82) is 0 Å². The Bertz CT molecular complexity index is 1110. The Morgan fingerprint density at radius 1 is 1.02 bits per heavy atom. The molecule has 3 aliphatic rings. The van der Waals surface area contributed by atoms with E-state index in [-0.39, 0.29) is 80.9 Å². The van der Waals surface area contributed by atoms with E-state index >= 15 is 0 Å². The fourth-order valence-corrected chi connectivity index (χ4v) is 6.15. The Labute approximate surface area is 260 Å². The van der Waals surface area contributed by atoms with E-state index in [1.54, 1.807) is 31.2 Å². The molecule has 10 heteroatoms. The molecule has 0 amide bonds. The Morgan fingerprint density at radius 3 is 2.00 bits per heavy atom. The Kier molecular flexibility index (Phi) is 14.5. The van der Waals surface area contributed by atoms with Gasteiger partial charge in [0.25, 0.3) is 10.1 Å². The molecule has 11 atom stereocenters. The van der Waals surface area contributed by atoms with Crippen molar-refractivity contribution in [3.8, 4) is 0 Å². The summed E-state index contributed by atoms with van der Waals surface area (Å²) in [5, 5.41) is 29.3. The van der Waals surface area contributed by atoms with E-state index < -0.39 is 21.3 Å². The first-order valence-corrected chi connectivity index (χ1v) is 16.1. The molecule has 4 rings (SSSR count). The van der Waals surface area contributed by atoms with E-state index in [2.05, 4.69) is 6.58 Å². The summed E-state index contributed by atoms with van der Waals surface area (Å²) >= 11 is 0. The van der Waals surface area contributed by atoms with Crippen molar-refractivity contribution >= 4 is 10.1 Å². The van der Waals surface area contributed by atoms with Crippen LogP contribution >= 0.6 is 0 Å². The van der Waals surface area contributed by atoms with Crippen LogP contribution in [0.1, 0.15) is 87.6 Å². The molecule has 3 N–H and O–H groups in total. The summed E-state index contributed by atoms with van der Waals surface area (Å²) < 4.78 is 46.5. The topological polar surface area (TPSA) is 142 Å². The van der Waals surface area contributed by atoms with E-state index in [0.29, 0.717) is 19.3 Å². The van der Waals surface area contributed by atoms with E-state index in [1.165, 1.54) is 6.08 Å². The van der Waals surface area contributed by atoms with Crippen LogP contribution in [0.5, 0.6) is 0 Å². The molecule has 3 aliphatic heterocycles. The van der Waals surface area contributed by atoms with Crippen LogP contribution in [-0.2, 0) is 28.5 Å². The van der Waals surface area contributed by atoms with Crippen LogP contribution in [-0.4, -0.2) is 84.3 Å². The van der Waals surface area contributed by atoms with Gasteiger partial charge in [-0.2, -0.15) is 8.42 Å². The average molecular weight is 631 g/mol. The maximum atomic E-state index is 12.2. The quantitative estimate of drug-likeness (QED) is 0.136. The van der Waals surface area contributed by atoms with Crippen molar-refractivity contribution in [3.05, 3.63) is 42.5 Å². The molecule has 0 spiro atoms. The molecule has 1 aromatic rings. The van der Waals surface area contributed by atoms with Crippen LogP contribution in [0.25, 0.3) is 0 Å². The second-order valence-corrected chi connectivity index (χ2v) is 14.0. The Hall–Kier alpha value is -1.37. The number of aliphatic hydroxyl groups is 3. The molecule has 0 radical (unpaired) electrons. The van der Waals surface area contributed by atoms with Gasteiger partial charge in [-0.15, -0.1) is 6.58 Å². The summed E-state index contributed by atoms with van der Waals surface area (Å²) in [5.41, 5.74) is -0.307. The smallest absolute Gasteiger partial charge is 0.297 e. The summed E-state index contributed by atoms with van der Waals surface area (Å²) in [6, 6.07) is 6.57. The third kappa shape index (κ3) is 10.9. The van der Waals surface area contributed by atoms with Crippen molar-refractivity contribution in [2.75, 3.05) is 6.61 Å². The first kappa shape index (κ1) is 39.7. The van der Waals surface area contributed by atoms with Gasteiger partial charge in [-0.25, -0.2) is 0 Å². The molecule has 0 aliphatic carbocycles. The van der Waals surface area contributed by atoms with Crippen molar-refractivity contribution in [2.24, 2.45) is 11.8 Å². The number of ether oxygens (including phenoxy) is 3. The number of hydrogen-bond acceptors (Lipinski definition) is 9. The second kappa shape index (κ2) is 15.8. The first-order chi connectivity index (χ1) is 19.1. The fourth-order valence-electron chi connectivity index (χ4n) is 5.24. The van der Waals surface area contributed by atoms with Crippen LogP contribution in [0.15, 0.2) is 41.8 Å². The Morgan fingerprint density at radius 2 is 1.51 bits per heavy atom. The lowest BCUT2D eigenvalue weighted by Crippen LogP contribution is -2.27. The maximum Gasteiger partial charge on any atom is 0.297 e. The lowest BCUT2D eigenvalue weighted by Gasteiger charge is -2.18. The molecule has 3 saturated heterocycles. The monoisotopic (exact) mass is 630 g/mol. The average Bonchev–Trinajstić information content (AvgIpc) is 3.87. The minimum Gasteiger partial charge on any atom is -0.393 e. The van der Waals surface area contributed by atoms with Gasteiger partial charge in [0.2, 0.25) is 0 Å². The molecule has 250 valence electrons. The largest absolute Gasteiger partial charge is 0.393 e. The number of aliphatic hydroxyl groups excluding tert-OH is 2. The highest BCUT2D eigenvalue weighted by Gasteiger charge is 2.59. The molecule has 9 nitrogen and oxygen atoms in total. The van der Waals surface area contributed by atoms with Crippen LogP contribution in [0, 0.1) is 18.8 Å². The van der Waals surface area contributed by atoms with Gasteiger partial charge in [-0.05, 0) is 45.7 Å². The van der Waals surface area contributed by atoms with Gasteiger partial charge in [0.05, 0.1) is 59.3 Å². The summed E-state index contributed by atoms with van der Waals surface area (Å²) in [5.74, 6) is 0.226. The van der Waals surface area contributed by atoms with Crippen molar-refractivity contribution in [1.82, 2.24) is 0 Å². The van der Waals surface area contributed by atoms with Crippen molar-refractivity contribution in [3.63, 3.8) is 0 Å². The lowest BCUT2D eigenvalue weighted by atomic mass is 9.92. The zero-order chi connectivity index (χ0) is 30.8. The van der Waals surface area contributed by atoms with Gasteiger partial charge in [-0.3, -0.25) is 4.18 Å². The van der Waals surface area contributed by atoms with Gasteiger partial charge < -0.3 is 29.5 Å². The zero-order valence-corrected chi connectivity index (χ0v) is 26.3. The van der Waals surface area contributed by atoms with E-state index in [4.69, 9.17) is 18.4 Å². The molecule has 0 saturated carbocycles. The number of rotatable bonds is 15. The third-order valence-electron chi connectivity index (χ3n) is 8.71. The van der Waals surface area contributed by atoms with Gasteiger partial charge in [-0.1, -0.05) is 66.3 Å². The van der Waals surface area contributed by atoms with Crippen LogP contribution in [0.4, 0.5) is 0 Å².